The van der Waals surface area contributed by atoms with Gasteiger partial charge in [0.1, 0.15) is 0 Å². The molecule has 0 aromatic heterocycles. The highest BCUT2D eigenvalue weighted by molar-refractivity contribution is 14.1. The summed E-state index contributed by atoms with van der Waals surface area (Å²) < 4.78 is 12.5. The number of rotatable bonds is 8. The van der Waals surface area contributed by atoms with Crippen molar-refractivity contribution < 1.29 is 23.9 Å². The van der Waals surface area contributed by atoms with Crippen molar-refractivity contribution in [3.05, 3.63) is 62.1 Å². The van der Waals surface area contributed by atoms with Crippen molar-refractivity contribution >= 4 is 57.5 Å². The first-order valence-corrected chi connectivity index (χ1v) is 15.3. The molecule has 0 unspecified atom stereocenters. The molecule has 0 spiro atoms. The quantitative estimate of drug-likeness (QED) is 0.277. The van der Waals surface area contributed by atoms with Gasteiger partial charge >= 0.3 is 0 Å². The first-order valence-electron chi connectivity index (χ1n) is 13.4. The van der Waals surface area contributed by atoms with Crippen molar-refractivity contribution in [2.24, 2.45) is 17.8 Å². The van der Waals surface area contributed by atoms with Gasteiger partial charge < -0.3 is 14.8 Å². The normalized spacial score (nSPS) is 28.3. The van der Waals surface area contributed by atoms with Crippen LogP contribution < -0.4 is 14.8 Å². The molecule has 2 aromatic carbocycles. The van der Waals surface area contributed by atoms with Crippen LogP contribution in [0.25, 0.3) is 6.08 Å². The summed E-state index contributed by atoms with van der Waals surface area (Å²) in [4.78, 5) is 40.0. The van der Waals surface area contributed by atoms with E-state index in [4.69, 9.17) is 9.47 Å². The Morgan fingerprint density at radius 2 is 1.72 bits per heavy atom. The van der Waals surface area contributed by atoms with Crippen LogP contribution in [-0.4, -0.2) is 41.2 Å². The highest BCUT2D eigenvalue weighted by Gasteiger charge is 2.51. The lowest BCUT2D eigenvalue weighted by atomic mass is 9.53. The summed E-state index contributed by atoms with van der Waals surface area (Å²) in [6.45, 7) is 0.162. The number of imide groups is 1. The average molecular weight is 659 g/mol. The molecule has 4 bridgehead atoms. The zero-order valence-corrected chi connectivity index (χ0v) is 24.8. The molecule has 0 radical (unpaired) electrons. The van der Waals surface area contributed by atoms with Gasteiger partial charge in [-0.25, -0.2) is 0 Å². The van der Waals surface area contributed by atoms with Gasteiger partial charge in [0.05, 0.1) is 18.6 Å². The molecule has 1 N–H and O–H groups in total. The number of benzene rings is 2. The number of nitrogens with one attached hydrogen (secondary N) is 1. The third-order valence-corrected chi connectivity index (χ3v) is 10.0. The van der Waals surface area contributed by atoms with Crippen molar-refractivity contribution in [1.29, 1.82) is 0 Å². The molecule has 1 aliphatic heterocycles. The summed E-state index contributed by atoms with van der Waals surface area (Å²) >= 11 is 3.15. The van der Waals surface area contributed by atoms with Crippen LogP contribution in [0.2, 0.25) is 0 Å². The lowest BCUT2D eigenvalue weighted by Gasteiger charge is -2.56. The molecule has 39 heavy (non-hydrogen) atoms. The predicted octanol–water partition coefficient (Wildman–Crippen LogP) is 6.00. The molecule has 7 nitrogen and oxygen atoms in total. The SMILES string of the molecule is COc1cc(/C=C2\SC(=O)N(Cc3ccc(I)cc3)C2=O)ccc1OCC(=O)NC12CC3CC(CC(C3)C1)C2. The molecule has 1 heterocycles. The van der Waals surface area contributed by atoms with Crippen LogP contribution in [-0.2, 0) is 16.1 Å². The topological polar surface area (TPSA) is 84.9 Å². The molecule has 5 fully saturated rings. The second kappa shape index (κ2) is 10.8. The molecule has 5 aliphatic rings. The molecule has 0 atom stereocenters. The number of amides is 3. The van der Waals surface area contributed by atoms with Gasteiger partial charge in [0.2, 0.25) is 0 Å². The Labute approximate surface area is 246 Å². The number of thioether (sulfide) groups is 1. The number of carbonyl (C=O) groups excluding carboxylic acids is 3. The molecule has 1 saturated heterocycles. The maximum Gasteiger partial charge on any atom is 0.293 e. The molecule has 3 amide bonds. The summed E-state index contributed by atoms with van der Waals surface area (Å²) in [5.74, 6) is 2.79. The number of halogens is 1. The number of methoxy groups -OCH3 is 1. The number of ether oxygens (including phenoxy) is 2. The van der Waals surface area contributed by atoms with E-state index in [1.165, 1.54) is 31.3 Å². The van der Waals surface area contributed by atoms with Gasteiger partial charge in [-0.15, -0.1) is 0 Å². The van der Waals surface area contributed by atoms with E-state index in [0.717, 1.165) is 57.9 Å². The van der Waals surface area contributed by atoms with E-state index in [2.05, 4.69) is 27.9 Å². The third kappa shape index (κ3) is 5.70. The summed E-state index contributed by atoms with van der Waals surface area (Å²) in [7, 11) is 1.54. The van der Waals surface area contributed by atoms with Crippen LogP contribution >= 0.6 is 34.4 Å². The second-order valence-corrected chi connectivity index (χ2v) is 13.6. The number of hydrogen-bond donors (Lipinski definition) is 1. The monoisotopic (exact) mass is 658 g/mol. The third-order valence-electron chi connectivity index (χ3n) is 8.41. The zero-order valence-electron chi connectivity index (χ0n) is 21.8. The van der Waals surface area contributed by atoms with Crippen LogP contribution in [0.1, 0.15) is 49.7 Å². The molecule has 204 valence electrons. The minimum absolute atomic E-state index is 0.0504. The van der Waals surface area contributed by atoms with Gasteiger partial charge in [-0.1, -0.05) is 18.2 Å². The van der Waals surface area contributed by atoms with Gasteiger partial charge in [-0.2, -0.15) is 0 Å². The van der Waals surface area contributed by atoms with Crippen molar-refractivity contribution in [3.63, 3.8) is 0 Å². The number of nitrogens with zero attached hydrogens (tertiary/aromatic N) is 1. The fourth-order valence-corrected chi connectivity index (χ4v) is 8.39. The van der Waals surface area contributed by atoms with E-state index in [-0.39, 0.29) is 35.7 Å². The van der Waals surface area contributed by atoms with Crippen LogP contribution in [0, 0.1) is 21.3 Å². The summed E-state index contributed by atoms with van der Waals surface area (Å²) in [5, 5.41) is 3.04. The van der Waals surface area contributed by atoms with Gasteiger partial charge in [0.25, 0.3) is 17.1 Å². The minimum atomic E-state index is -0.316. The summed E-state index contributed by atoms with van der Waals surface area (Å²) in [6, 6.07) is 13.0. The Bertz CT molecular complexity index is 1310. The number of carbonyl (C=O) groups is 3. The van der Waals surface area contributed by atoms with Crippen LogP contribution in [0.5, 0.6) is 11.5 Å². The Balaban J connectivity index is 1.09. The molecule has 4 saturated carbocycles. The van der Waals surface area contributed by atoms with E-state index >= 15 is 0 Å². The lowest BCUT2D eigenvalue weighted by Crippen LogP contribution is -2.60. The molecular formula is C30H31IN2O5S. The lowest BCUT2D eigenvalue weighted by molar-refractivity contribution is -0.129. The largest absolute Gasteiger partial charge is 0.493 e. The average Bonchev–Trinajstić information content (AvgIpc) is 3.15. The first kappa shape index (κ1) is 26.7. The molecule has 2 aromatic rings. The van der Waals surface area contributed by atoms with E-state index < -0.39 is 0 Å². The van der Waals surface area contributed by atoms with E-state index in [0.29, 0.717) is 22.0 Å². The van der Waals surface area contributed by atoms with Crippen molar-refractivity contribution in [1.82, 2.24) is 10.2 Å². The van der Waals surface area contributed by atoms with Crippen molar-refractivity contribution in [2.75, 3.05) is 13.7 Å². The molecular weight excluding hydrogens is 627 g/mol. The highest BCUT2D eigenvalue weighted by Crippen LogP contribution is 2.55. The second-order valence-electron chi connectivity index (χ2n) is 11.3. The molecule has 9 heteroatoms. The van der Waals surface area contributed by atoms with E-state index in [1.807, 2.05) is 24.3 Å². The minimum Gasteiger partial charge on any atom is -0.493 e. The van der Waals surface area contributed by atoms with Crippen molar-refractivity contribution in [3.8, 4) is 11.5 Å². The van der Waals surface area contributed by atoms with Crippen LogP contribution in [0.4, 0.5) is 4.79 Å². The Hall–Kier alpha value is -2.53. The smallest absolute Gasteiger partial charge is 0.293 e. The van der Waals surface area contributed by atoms with E-state index in [9.17, 15) is 14.4 Å². The molecule has 7 rings (SSSR count). The zero-order chi connectivity index (χ0) is 27.1. The maximum atomic E-state index is 13.0. The van der Waals surface area contributed by atoms with Gasteiger partial charge in [-0.05, 0) is 132 Å². The Morgan fingerprint density at radius 3 is 2.36 bits per heavy atom. The standard InChI is InChI=1S/C30H31IN2O5S/c1-37-25-11-19(12-26-28(35)33(29(36)39-26)16-18-2-5-23(31)6-3-18)4-7-24(25)38-17-27(34)32-30-13-20-8-21(14-30)10-22(9-20)15-30/h2-7,11-12,20-22H,8-10,13-17H2,1H3,(H,32,34)/b26-12-. The maximum absolute atomic E-state index is 13.0. The summed E-state index contributed by atoms with van der Waals surface area (Å²) in [6.07, 6.45) is 8.96. The van der Waals surface area contributed by atoms with Gasteiger partial charge in [0.15, 0.2) is 18.1 Å². The predicted molar refractivity (Wildman–Crippen MR) is 158 cm³/mol. The van der Waals surface area contributed by atoms with Crippen LogP contribution in [0.3, 0.4) is 0 Å². The van der Waals surface area contributed by atoms with Gasteiger partial charge in [-0.3, -0.25) is 19.3 Å². The summed E-state index contributed by atoms with van der Waals surface area (Å²) in [5.41, 5.74) is 1.55. The fourth-order valence-electron chi connectivity index (χ4n) is 7.19. The highest BCUT2D eigenvalue weighted by atomic mass is 127. The van der Waals surface area contributed by atoms with Crippen LogP contribution in [0.15, 0.2) is 47.4 Å². The Morgan fingerprint density at radius 1 is 1.05 bits per heavy atom. The Kier molecular flexibility index (Phi) is 7.39. The van der Waals surface area contributed by atoms with Gasteiger partial charge in [0, 0.05) is 9.11 Å². The fraction of sp³-hybridized carbons (Fsp3) is 0.433. The van der Waals surface area contributed by atoms with E-state index in [1.54, 1.807) is 24.3 Å². The number of hydrogen-bond acceptors (Lipinski definition) is 6. The first-order chi connectivity index (χ1) is 18.8. The molecule has 4 aliphatic carbocycles. The van der Waals surface area contributed by atoms with Crippen molar-refractivity contribution in [2.45, 2.75) is 50.6 Å².